The van der Waals surface area contributed by atoms with Gasteiger partial charge in [-0.05, 0) is 47.9 Å². The number of nitrogens with zero attached hydrogens (tertiary/aromatic N) is 1. The Kier molecular flexibility index (Phi) is 4.89. The minimum Gasteiger partial charge on any atom is -0.334 e. The average Bonchev–Trinajstić information content (AvgIpc) is 2.74. The lowest BCUT2D eigenvalue weighted by molar-refractivity contribution is 0.0734. The normalized spacial score (nSPS) is 13.0. The van der Waals surface area contributed by atoms with Gasteiger partial charge in [0.15, 0.2) is 0 Å². The number of halogens is 1. The summed E-state index contributed by atoms with van der Waals surface area (Å²) in [4.78, 5) is 27.2. The molecule has 0 saturated heterocycles. The van der Waals surface area contributed by atoms with Crippen LogP contribution < -0.4 is 5.32 Å². The second-order valence-corrected chi connectivity index (χ2v) is 6.76. The molecule has 0 radical (unpaired) electrons. The third-order valence-corrected chi connectivity index (χ3v) is 4.91. The van der Waals surface area contributed by atoms with Gasteiger partial charge in [0.1, 0.15) is 5.82 Å². The number of carbonyl (C=O) groups is 2. The predicted molar refractivity (Wildman–Crippen MR) is 106 cm³/mol. The smallest absolute Gasteiger partial charge is 0.255 e. The van der Waals surface area contributed by atoms with E-state index < -0.39 is 11.7 Å². The summed E-state index contributed by atoms with van der Waals surface area (Å²) in [7, 11) is 0. The molecule has 5 heteroatoms. The lowest BCUT2D eigenvalue weighted by Gasteiger charge is -2.29. The maximum Gasteiger partial charge on any atom is 0.255 e. The monoisotopic (exact) mass is 374 g/mol. The molecular weight excluding hydrogens is 355 g/mol. The third-order valence-electron chi connectivity index (χ3n) is 4.91. The van der Waals surface area contributed by atoms with Crippen molar-refractivity contribution < 1.29 is 14.0 Å². The molecule has 0 saturated carbocycles. The van der Waals surface area contributed by atoms with E-state index in [9.17, 15) is 14.0 Å². The molecule has 1 aliphatic rings. The Hall–Kier alpha value is -3.47. The first-order chi connectivity index (χ1) is 13.6. The molecule has 0 aliphatic carbocycles. The first kappa shape index (κ1) is 17.9. The number of rotatable bonds is 3. The van der Waals surface area contributed by atoms with Crippen molar-refractivity contribution in [3.63, 3.8) is 0 Å². The second kappa shape index (κ2) is 7.64. The molecular formula is C23H19FN2O2. The summed E-state index contributed by atoms with van der Waals surface area (Å²) in [6, 6.07) is 20.6. The molecule has 1 N–H and O–H groups in total. The lowest BCUT2D eigenvalue weighted by Crippen LogP contribution is -2.36. The van der Waals surface area contributed by atoms with Crippen molar-refractivity contribution in [2.45, 2.75) is 13.0 Å². The number of amides is 2. The summed E-state index contributed by atoms with van der Waals surface area (Å²) in [5.41, 5.74) is 3.28. The van der Waals surface area contributed by atoms with Gasteiger partial charge in [-0.15, -0.1) is 0 Å². The highest BCUT2D eigenvalue weighted by molar-refractivity contribution is 6.06. The molecule has 0 atom stereocenters. The Morgan fingerprint density at radius 1 is 0.857 bits per heavy atom. The minimum absolute atomic E-state index is 0.108. The SMILES string of the molecule is O=C(Nc1ccccc1F)c1cccc(C(=O)N2CCc3ccccc3C2)c1. The van der Waals surface area contributed by atoms with E-state index in [0.717, 1.165) is 12.0 Å². The summed E-state index contributed by atoms with van der Waals surface area (Å²) in [5, 5.41) is 2.55. The molecule has 4 rings (SSSR count). The van der Waals surface area contributed by atoms with Crippen LogP contribution in [0.5, 0.6) is 0 Å². The van der Waals surface area contributed by atoms with E-state index in [-0.39, 0.29) is 11.6 Å². The highest BCUT2D eigenvalue weighted by atomic mass is 19.1. The maximum absolute atomic E-state index is 13.8. The molecule has 0 bridgehead atoms. The molecule has 2 amide bonds. The van der Waals surface area contributed by atoms with Crippen molar-refractivity contribution >= 4 is 17.5 Å². The number of hydrogen-bond acceptors (Lipinski definition) is 2. The number of nitrogens with one attached hydrogen (secondary N) is 1. The Labute approximate surface area is 162 Å². The molecule has 0 aromatic heterocycles. The molecule has 1 heterocycles. The van der Waals surface area contributed by atoms with Crippen LogP contribution in [0.4, 0.5) is 10.1 Å². The van der Waals surface area contributed by atoms with E-state index >= 15 is 0 Å². The highest BCUT2D eigenvalue weighted by Gasteiger charge is 2.22. The van der Waals surface area contributed by atoms with Crippen LogP contribution in [0, 0.1) is 5.82 Å². The molecule has 28 heavy (non-hydrogen) atoms. The predicted octanol–water partition coefficient (Wildman–Crippen LogP) is 4.28. The number of anilines is 1. The molecule has 0 fully saturated rings. The summed E-state index contributed by atoms with van der Waals surface area (Å²) in [6.45, 7) is 1.20. The van der Waals surface area contributed by atoms with E-state index in [4.69, 9.17) is 0 Å². The van der Waals surface area contributed by atoms with Gasteiger partial charge >= 0.3 is 0 Å². The van der Waals surface area contributed by atoms with Crippen molar-refractivity contribution in [1.29, 1.82) is 0 Å². The molecule has 0 unspecified atom stereocenters. The van der Waals surface area contributed by atoms with Crippen LogP contribution in [0.3, 0.4) is 0 Å². The Morgan fingerprint density at radius 3 is 2.39 bits per heavy atom. The molecule has 3 aromatic rings. The van der Waals surface area contributed by atoms with E-state index in [0.29, 0.717) is 24.2 Å². The first-order valence-electron chi connectivity index (χ1n) is 9.14. The van der Waals surface area contributed by atoms with E-state index in [1.165, 1.54) is 17.7 Å². The number of carbonyl (C=O) groups excluding carboxylic acids is 2. The Bertz CT molecular complexity index is 1050. The first-order valence-corrected chi connectivity index (χ1v) is 9.14. The van der Waals surface area contributed by atoms with Gasteiger partial charge in [0.2, 0.25) is 0 Å². The molecule has 1 aliphatic heterocycles. The fourth-order valence-electron chi connectivity index (χ4n) is 3.40. The zero-order valence-corrected chi connectivity index (χ0v) is 15.2. The summed E-state index contributed by atoms with van der Waals surface area (Å²) in [5.74, 6) is -1.08. The summed E-state index contributed by atoms with van der Waals surface area (Å²) in [6.07, 6.45) is 0.815. The van der Waals surface area contributed by atoms with Crippen molar-refractivity contribution in [1.82, 2.24) is 4.90 Å². The van der Waals surface area contributed by atoms with E-state index in [1.54, 1.807) is 41.3 Å². The van der Waals surface area contributed by atoms with E-state index in [2.05, 4.69) is 11.4 Å². The zero-order chi connectivity index (χ0) is 19.5. The van der Waals surface area contributed by atoms with Crippen molar-refractivity contribution in [3.8, 4) is 0 Å². The molecule has 3 aromatic carbocycles. The van der Waals surface area contributed by atoms with Gasteiger partial charge in [0.05, 0.1) is 5.69 Å². The van der Waals surface area contributed by atoms with Crippen LogP contribution in [-0.2, 0) is 13.0 Å². The van der Waals surface area contributed by atoms with Gasteiger partial charge in [0, 0.05) is 24.2 Å². The number of benzene rings is 3. The topological polar surface area (TPSA) is 49.4 Å². The largest absolute Gasteiger partial charge is 0.334 e. The number of para-hydroxylation sites is 1. The highest BCUT2D eigenvalue weighted by Crippen LogP contribution is 2.21. The van der Waals surface area contributed by atoms with Gasteiger partial charge in [0.25, 0.3) is 11.8 Å². The zero-order valence-electron chi connectivity index (χ0n) is 15.2. The fraction of sp³-hybridized carbons (Fsp3) is 0.130. The van der Waals surface area contributed by atoms with E-state index in [1.807, 2.05) is 18.2 Å². The van der Waals surface area contributed by atoms with Gasteiger partial charge in [-0.1, -0.05) is 42.5 Å². The van der Waals surface area contributed by atoms with Crippen LogP contribution in [0.25, 0.3) is 0 Å². The number of fused-ring (bicyclic) bond motifs is 1. The minimum atomic E-state index is -0.505. The van der Waals surface area contributed by atoms with Gasteiger partial charge in [-0.25, -0.2) is 4.39 Å². The van der Waals surface area contributed by atoms with Gasteiger partial charge in [-0.3, -0.25) is 9.59 Å². The molecule has 140 valence electrons. The van der Waals surface area contributed by atoms with Crippen LogP contribution in [-0.4, -0.2) is 23.3 Å². The fourth-order valence-corrected chi connectivity index (χ4v) is 3.40. The van der Waals surface area contributed by atoms with Crippen molar-refractivity contribution in [2.75, 3.05) is 11.9 Å². The van der Waals surface area contributed by atoms with Crippen LogP contribution in [0.2, 0.25) is 0 Å². The van der Waals surface area contributed by atoms with Crippen molar-refractivity contribution in [3.05, 3.63) is 101 Å². The Morgan fingerprint density at radius 2 is 1.57 bits per heavy atom. The van der Waals surface area contributed by atoms with Crippen LogP contribution in [0.1, 0.15) is 31.8 Å². The summed E-state index contributed by atoms with van der Waals surface area (Å²) >= 11 is 0. The number of hydrogen-bond donors (Lipinski definition) is 1. The molecule has 0 spiro atoms. The van der Waals surface area contributed by atoms with Crippen LogP contribution >= 0.6 is 0 Å². The van der Waals surface area contributed by atoms with Crippen molar-refractivity contribution in [2.24, 2.45) is 0 Å². The van der Waals surface area contributed by atoms with Gasteiger partial charge < -0.3 is 10.2 Å². The van der Waals surface area contributed by atoms with Crippen LogP contribution in [0.15, 0.2) is 72.8 Å². The third kappa shape index (κ3) is 3.64. The summed E-state index contributed by atoms with van der Waals surface area (Å²) < 4.78 is 13.8. The quantitative estimate of drug-likeness (QED) is 0.744. The second-order valence-electron chi connectivity index (χ2n) is 6.76. The lowest BCUT2D eigenvalue weighted by atomic mass is 9.99. The maximum atomic E-state index is 13.8. The average molecular weight is 374 g/mol. The standard InChI is InChI=1S/C23H19FN2O2/c24-20-10-3-4-11-21(20)25-22(27)17-8-5-9-18(14-17)23(28)26-13-12-16-6-1-2-7-19(16)15-26/h1-11,14H,12-13,15H2,(H,25,27). The molecule has 4 nitrogen and oxygen atoms in total. The van der Waals surface area contributed by atoms with Gasteiger partial charge in [-0.2, -0.15) is 0 Å². The Balaban J connectivity index is 1.51.